The molecule has 0 amide bonds. The number of hydrogen-bond donors (Lipinski definition) is 1. The second-order valence-corrected chi connectivity index (χ2v) is 4.80. The maximum atomic E-state index is 10.6. The number of carbonyl (C=O) groups is 1. The van der Waals surface area contributed by atoms with Crippen LogP contribution in [0.4, 0.5) is 0 Å². The first kappa shape index (κ1) is 12.8. The van der Waals surface area contributed by atoms with Gasteiger partial charge in [0.2, 0.25) is 0 Å². The smallest absolute Gasteiger partial charge is 0.124 e. The molecule has 0 unspecified atom stereocenters. The van der Waals surface area contributed by atoms with E-state index in [4.69, 9.17) is 0 Å². The number of carbonyl (C=O) groups excluding carboxylic acids is 1. The lowest BCUT2D eigenvalue weighted by molar-refractivity contribution is -0.107. The van der Waals surface area contributed by atoms with Crippen LogP contribution >= 0.6 is 0 Å². The summed E-state index contributed by atoms with van der Waals surface area (Å²) in [7, 11) is 0. The molecular weight excluding hydrogens is 200 g/mol. The van der Waals surface area contributed by atoms with Crippen molar-refractivity contribution < 1.29 is 9.90 Å². The van der Waals surface area contributed by atoms with Gasteiger partial charge in [-0.15, -0.1) is 0 Å². The van der Waals surface area contributed by atoms with E-state index in [1.165, 1.54) is 0 Å². The molecule has 88 valence electrons. The summed E-state index contributed by atoms with van der Waals surface area (Å²) in [4.78, 5) is 10.6. The van der Waals surface area contributed by atoms with E-state index < -0.39 is 0 Å². The van der Waals surface area contributed by atoms with Crippen molar-refractivity contribution in [2.45, 2.75) is 46.0 Å². The average Bonchev–Trinajstić information content (AvgIpc) is 2.19. The Bertz CT molecular complexity index is 349. The normalized spacial score (nSPS) is 11.1. The topological polar surface area (TPSA) is 37.3 Å². The Morgan fingerprint density at radius 1 is 1.12 bits per heavy atom. The van der Waals surface area contributed by atoms with Crippen LogP contribution in [0.2, 0.25) is 0 Å². The van der Waals surface area contributed by atoms with Gasteiger partial charge in [-0.25, -0.2) is 0 Å². The van der Waals surface area contributed by atoms with Crippen molar-refractivity contribution in [2.75, 3.05) is 0 Å². The average molecular weight is 220 g/mol. The Kier molecular flexibility index (Phi) is 4.11. The van der Waals surface area contributed by atoms with Crippen LogP contribution in [0.1, 0.15) is 56.2 Å². The quantitative estimate of drug-likeness (QED) is 0.790. The summed E-state index contributed by atoms with van der Waals surface area (Å²) >= 11 is 0. The van der Waals surface area contributed by atoms with Gasteiger partial charge in [-0.3, -0.25) is 0 Å². The zero-order valence-corrected chi connectivity index (χ0v) is 10.4. The SMILES string of the molecule is CC(C)c1cc(CC=O)cc(C(C)C)c1O. The summed E-state index contributed by atoms with van der Waals surface area (Å²) in [6.45, 7) is 8.18. The summed E-state index contributed by atoms with van der Waals surface area (Å²) in [5.74, 6) is 0.924. The van der Waals surface area contributed by atoms with E-state index in [1.54, 1.807) is 0 Å². The minimum atomic E-state index is 0.268. The Morgan fingerprint density at radius 3 is 1.88 bits per heavy atom. The molecule has 0 aliphatic carbocycles. The second kappa shape index (κ2) is 5.15. The minimum absolute atomic E-state index is 0.268. The molecule has 0 aromatic heterocycles. The number of hydrogen-bond acceptors (Lipinski definition) is 2. The van der Waals surface area contributed by atoms with Crippen molar-refractivity contribution in [3.8, 4) is 5.75 Å². The molecule has 0 spiro atoms. The molecule has 0 heterocycles. The predicted octanol–water partition coefficient (Wildman–Crippen LogP) is 3.38. The largest absolute Gasteiger partial charge is 0.507 e. The molecule has 0 aliphatic rings. The van der Waals surface area contributed by atoms with Crippen LogP contribution in [-0.4, -0.2) is 11.4 Å². The zero-order valence-electron chi connectivity index (χ0n) is 10.4. The number of phenolic OH excluding ortho intramolecular Hbond substituents is 1. The molecule has 1 rings (SSSR count). The maximum absolute atomic E-state index is 10.6. The molecule has 2 heteroatoms. The van der Waals surface area contributed by atoms with Crippen molar-refractivity contribution in [3.63, 3.8) is 0 Å². The molecule has 1 aromatic carbocycles. The highest BCUT2D eigenvalue weighted by atomic mass is 16.3. The lowest BCUT2D eigenvalue weighted by Crippen LogP contribution is -1.99. The minimum Gasteiger partial charge on any atom is -0.507 e. The van der Waals surface area contributed by atoms with Crippen LogP contribution in [0, 0.1) is 0 Å². The van der Waals surface area contributed by atoms with Crippen molar-refractivity contribution in [1.29, 1.82) is 0 Å². The molecule has 0 fully saturated rings. The number of aldehydes is 1. The molecular formula is C14H20O2. The zero-order chi connectivity index (χ0) is 12.3. The standard InChI is InChI=1S/C14H20O2/c1-9(2)12-7-11(5-6-15)8-13(10(3)4)14(12)16/h6-10,16H,5H2,1-4H3. The van der Waals surface area contributed by atoms with E-state index in [1.807, 2.05) is 39.8 Å². The highest BCUT2D eigenvalue weighted by Crippen LogP contribution is 2.34. The number of aromatic hydroxyl groups is 1. The van der Waals surface area contributed by atoms with Crippen molar-refractivity contribution >= 4 is 6.29 Å². The maximum Gasteiger partial charge on any atom is 0.124 e. The van der Waals surface area contributed by atoms with E-state index >= 15 is 0 Å². The number of benzene rings is 1. The van der Waals surface area contributed by atoms with Crippen LogP contribution in [0.25, 0.3) is 0 Å². The highest BCUT2D eigenvalue weighted by molar-refractivity contribution is 5.57. The Morgan fingerprint density at radius 2 is 1.56 bits per heavy atom. The van der Waals surface area contributed by atoms with Crippen LogP contribution in [-0.2, 0) is 11.2 Å². The number of phenols is 1. The van der Waals surface area contributed by atoms with Crippen LogP contribution in [0.5, 0.6) is 5.75 Å². The van der Waals surface area contributed by atoms with Crippen molar-refractivity contribution in [1.82, 2.24) is 0 Å². The van der Waals surface area contributed by atoms with Gasteiger partial charge in [-0.2, -0.15) is 0 Å². The Hall–Kier alpha value is -1.31. The molecule has 2 nitrogen and oxygen atoms in total. The molecule has 0 saturated heterocycles. The molecule has 0 aliphatic heterocycles. The Balaban J connectivity index is 3.32. The lowest BCUT2D eigenvalue weighted by Gasteiger charge is -2.16. The first-order valence-electron chi connectivity index (χ1n) is 5.76. The summed E-state index contributed by atoms with van der Waals surface area (Å²) in [5.41, 5.74) is 2.85. The van der Waals surface area contributed by atoms with Gasteiger partial charge in [0, 0.05) is 6.42 Å². The van der Waals surface area contributed by atoms with Crippen LogP contribution in [0.15, 0.2) is 12.1 Å². The van der Waals surface area contributed by atoms with E-state index in [0.29, 0.717) is 12.2 Å². The summed E-state index contributed by atoms with van der Waals surface area (Å²) in [6, 6.07) is 3.86. The highest BCUT2D eigenvalue weighted by Gasteiger charge is 2.14. The van der Waals surface area contributed by atoms with Gasteiger partial charge in [0.15, 0.2) is 0 Å². The fraction of sp³-hybridized carbons (Fsp3) is 0.500. The van der Waals surface area contributed by atoms with E-state index in [9.17, 15) is 9.90 Å². The fourth-order valence-corrected chi connectivity index (χ4v) is 1.84. The van der Waals surface area contributed by atoms with Crippen molar-refractivity contribution in [3.05, 3.63) is 28.8 Å². The number of rotatable bonds is 4. The van der Waals surface area contributed by atoms with Gasteiger partial charge in [-0.1, -0.05) is 39.8 Å². The fourth-order valence-electron chi connectivity index (χ4n) is 1.84. The van der Waals surface area contributed by atoms with Crippen LogP contribution < -0.4 is 0 Å². The first-order chi connectivity index (χ1) is 7.47. The third kappa shape index (κ3) is 2.63. The molecule has 1 N–H and O–H groups in total. The Labute approximate surface area is 97.3 Å². The van der Waals surface area contributed by atoms with Gasteiger partial charge >= 0.3 is 0 Å². The van der Waals surface area contributed by atoms with Gasteiger partial charge in [0.1, 0.15) is 12.0 Å². The summed E-state index contributed by atoms with van der Waals surface area (Å²) in [6.07, 6.45) is 1.32. The molecule has 0 atom stereocenters. The monoisotopic (exact) mass is 220 g/mol. The summed E-state index contributed by atoms with van der Waals surface area (Å²) in [5, 5.41) is 10.1. The molecule has 1 aromatic rings. The van der Waals surface area contributed by atoms with Gasteiger partial charge in [0.05, 0.1) is 0 Å². The summed E-state index contributed by atoms with van der Waals surface area (Å²) < 4.78 is 0. The van der Waals surface area contributed by atoms with Crippen LogP contribution in [0.3, 0.4) is 0 Å². The van der Waals surface area contributed by atoms with Crippen molar-refractivity contribution in [2.24, 2.45) is 0 Å². The predicted molar refractivity (Wildman–Crippen MR) is 66.1 cm³/mol. The molecule has 16 heavy (non-hydrogen) atoms. The van der Waals surface area contributed by atoms with E-state index in [0.717, 1.165) is 23.0 Å². The molecule has 0 bridgehead atoms. The third-order valence-electron chi connectivity index (χ3n) is 2.79. The van der Waals surface area contributed by atoms with E-state index in [-0.39, 0.29) is 11.8 Å². The first-order valence-corrected chi connectivity index (χ1v) is 5.76. The van der Waals surface area contributed by atoms with Gasteiger partial charge in [-0.05, 0) is 28.5 Å². The van der Waals surface area contributed by atoms with Gasteiger partial charge < -0.3 is 9.90 Å². The lowest BCUT2D eigenvalue weighted by atomic mass is 9.91. The molecule has 0 saturated carbocycles. The second-order valence-electron chi connectivity index (χ2n) is 4.80. The van der Waals surface area contributed by atoms with Gasteiger partial charge in [0.25, 0.3) is 0 Å². The van der Waals surface area contributed by atoms with E-state index in [2.05, 4.69) is 0 Å². The molecule has 0 radical (unpaired) electrons. The third-order valence-corrected chi connectivity index (χ3v) is 2.79.